The third-order valence-electron chi connectivity index (χ3n) is 5.13. The first-order valence-corrected chi connectivity index (χ1v) is 11.6. The first-order valence-electron chi connectivity index (χ1n) is 9.85. The summed E-state index contributed by atoms with van der Waals surface area (Å²) in [6.07, 6.45) is 3.57. The summed E-state index contributed by atoms with van der Waals surface area (Å²) in [6.45, 7) is 0. The maximum atomic E-state index is 14.3. The molecule has 0 fully saturated rings. The summed E-state index contributed by atoms with van der Waals surface area (Å²) in [5, 5.41) is 2.70. The molecule has 5 rings (SSSR count). The monoisotopic (exact) mass is 479 g/mol. The van der Waals surface area contributed by atoms with Crippen molar-refractivity contribution in [1.29, 1.82) is 0 Å². The zero-order valence-corrected chi connectivity index (χ0v) is 19.0. The number of benzene rings is 3. The van der Waals surface area contributed by atoms with E-state index in [0.29, 0.717) is 21.4 Å². The quantitative estimate of drug-likeness (QED) is 0.190. The highest BCUT2D eigenvalue weighted by molar-refractivity contribution is 7.98. The Labute approximate surface area is 198 Å². The van der Waals surface area contributed by atoms with Crippen LogP contribution in [-0.2, 0) is 5.75 Å². The first kappa shape index (κ1) is 21.0. The van der Waals surface area contributed by atoms with Crippen molar-refractivity contribution in [2.45, 2.75) is 10.8 Å². The van der Waals surface area contributed by atoms with Gasteiger partial charge in [0.25, 0.3) is 0 Å². The van der Waals surface area contributed by atoms with Gasteiger partial charge in [0.1, 0.15) is 22.8 Å². The molecule has 0 aliphatic heterocycles. The molecule has 7 heteroatoms. The van der Waals surface area contributed by atoms with E-state index >= 15 is 0 Å². The van der Waals surface area contributed by atoms with Crippen LogP contribution in [0, 0.1) is 5.82 Å². The summed E-state index contributed by atoms with van der Waals surface area (Å²) in [5.41, 5.74) is 4.14. The van der Waals surface area contributed by atoms with Crippen LogP contribution in [0.25, 0.3) is 27.8 Å². The van der Waals surface area contributed by atoms with Crippen LogP contribution in [0.5, 0.6) is 0 Å². The zero-order chi connectivity index (χ0) is 22.1. The number of hydrogen-bond acceptors (Lipinski definition) is 3. The predicted molar refractivity (Wildman–Crippen MR) is 130 cm³/mol. The Balaban J connectivity index is 1.67. The lowest BCUT2D eigenvalue weighted by Gasteiger charge is -2.08. The largest absolute Gasteiger partial charge is 0.301 e. The minimum absolute atomic E-state index is 0.324. The van der Waals surface area contributed by atoms with Crippen LogP contribution in [0.1, 0.15) is 5.56 Å². The van der Waals surface area contributed by atoms with Gasteiger partial charge in [0, 0.05) is 38.8 Å². The molecule has 0 saturated carbocycles. The fourth-order valence-electron chi connectivity index (χ4n) is 3.61. The first-order chi connectivity index (χ1) is 15.6. The van der Waals surface area contributed by atoms with E-state index in [4.69, 9.17) is 23.2 Å². The van der Waals surface area contributed by atoms with E-state index in [0.717, 1.165) is 32.9 Å². The van der Waals surface area contributed by atoms with Crippen LogP contribution < -0.4 is 0 Å². The summed E-state index contributed by atoms with van der Waals surface area (Å²) >= 11 is 13.9. The van der Waals surface area contributed by atoms with E-state index in [1.54, 1.807) is 12.1 Å². The molecule has 3 nitrogen and oxygen atoms in total. The van der Waals surface area contributed by atoms with Crippen LogP contribution >= 0.6 is 35.0 Å². The summed E-state index contributed by atoms with van der Waals surface area (Å²) in [6, 6.07) is 22.4. The van der Waals surface area contributed by atoms with E-state index in [-0.39, 0.29) is 5.82 Å². The van der Waals surface area contributed by atoms with Crippen LogP contribution in [0.2, 0.25) is 10.0 Å². The SMILES string of the molecule is Fc1cccc(Cl)c1CSc1ncnc2c1c(-c1ccccc1)cn2-c1cccc(Cl)c1. The molecule has 2 aromatic heterocycles. The standard InChI is InChI=1S/C25H16Cl2FN3S/c26-17-8-4-9-18(12-17)31-13-19(16-6-2-1-3-7-16)23-24(31)29-15-30-25(23)32-14-20-21(27)10-5-11-22(20)28/h1-13,15H,14H2. The van der Waals surface area contributed by atoms with Crippen molar-refractivity contribution in [3.63, 3.8) is 0 Å². The Morgan fingerprint density at radius 3 is 2.50 bits per heavy atom. The van der Waals surface area contributed by atoms with E-state index in [1.807, 2.05) is 65.4 Å². The van der Waals surface area contributed by atoms with Crippen LogP contribution in [0.4, 0.5) is 4.39 Å². The zero-order valence-electron chi connectivity index (χ0n) is 16.7. The predicted octanol–water partition coefficient (Wildman–Crippen LogP) is 7.83. The number of halogens is 3. The van der Waals surface area contributed by atoms with Gasteiger partial charge in [-0.2, -0.15) is 0 Å². The second kappa shape index (κ2) is 8.94. The number of rotatable bonds is 5. The summed E-state index contributed by atoms with van der Waals surface area (Å²) in [5.74, 6) is 0.0314. The highest BCUT2D eigenvalue weighted by atomic mass is 35.5. The number of fused-ring (bicyclic) bond motifs is 1. The van der Waals surface area contributed by atoms with Gasteiger partial charge >= 0.3 is 0 Å². The van der Waals surface area contributed by atoms with Gasteiger partial charge in [-0.05, 0) is 35.9 Å². The molecule has 0 spiro atoms. The second-order valence-electron chi connectivity index (χ2n) is 7.12. The van der Waals surface area contributed by atoms with Crippen molar-refractivity contribution in [2.24, 2.45) is 0 Å². The minimum Gasteiger partial charge on any atom is -0.301 e. The lowest BCUT2D eigenvalue weighted by Crippen LogP contribution is -1.95. The Morgan fingerprint density at radius 1 is 0.906 bits per heavy atom. The van der Waals surface area contributed by atoms with Gasteiger partial charge in [0.2, 0.25) is 0 Å². The van der Waals surface area contributed by atoms with E-state index in [1.165, 1.54) is 24.2 Å². The maximum absolute atomic E-state index is 14.3. The average molecular weight is 480 g/mol. The third-order valence-corrected chi connectivity index (χ3v) is 6.74. The smallest absolute Gasteiger partial charge is 0.149 e. The molecule has 32 heavy (non-hydrogen) atoms. The molecule has 0 atom stereocenters. The van der Waals surface area contributed by atoms with Crippen molar-refractivity contribution < 1.29 is 4.39 Å². The van der Waals surface area contributed by atoms with Gasteiger partial charge < -0.3 is 4.57 Å². The third kappa shape index (κ3) is 3.99. The molecule has 0 amide bonds. The fraction of sp³-hybridized carbons (Fsp3) is 0.0400. The van der Waals surface area contributed by atoms with Crippen LogP contribution in [0.3, 0.4) is 0 Å². The van der Waals surface area contributed by atoms with Gasteiger partial charge in [-0.1, -0.05) is 65.7 Å². The molecule has 3 aromatic carbocycles. The topological polar surface area (TPSA) is 30.7 Å². The van der Waals surface area contributed by atoms with Crippen molar-refractivity contribution >= 4 is 46.0 Å². The Bertz CT molecular complexity index is 1400. The second-order valence-corrected chi connectivity index (χ2v) is 8.93. The number of hydrogen-bond donors (Lipinski definition) is 0. The average Bonchev–Trinajstić information content (AvgIpc) is 3.20. The van der Waals surface area contributed by atoms with Gasteiger partial charge in [-0.25, -0.2) is 14.4 Å². The van der Waals surface area contributed by atoms with Gasteiger partial charge in [0.05, 0.1) is 5.39 Å². The molecule has 0 N–H and O–H groups in total. The molecular formula is C25H16Cl2FN3S. The summed E-state index contributed by atoms with van der Waals surface area (Å²) in [7, 11) is 0. The molecule has 0 unspecified atom stereocenters. The van der Waals surface area contributed by atoms with E-state index < -0.39 is 0 Å². The fourth-order valence-corrected chi connectivity index (χ4v) is 5.15. The molecule has 158 valence electrons. The van der Waals surface area contributed by atoms with Crippen molar-refractivity contribution in [3.8, 4) is 16.8 Å². The molecule has 0 bridgehead atoms. The molecular weight excluding hydrogens is 464 g/mol. The van der Waals surface area contributed by atoms with E-state index in [9.17, 15) is 4.39 Å². The molecule has 0 saturated heterocycles. The lowest BCUT2D eigenvalue weighted by atomic mass is 10.1. The highest BCUT2D eigenvalue weighted by Crippen LogP contribution is 2.38. The lowest BCUT2D eigenvalue weighted by molar-refractivity contribution is 0.617. The van der Waals surface area contributed by atoms with Gasteiger partial charge in [-0.15, -0.1) is 11.8 Å². The Hall–Kier alpha value is -2.86. The molecule has 5 aromatic rings. The molecule has 0 aliphatic carbocycles. The number of nitrogens with zero attached hydrogens (tertiary/aromatic N) is 3. The van der Waals surface area contributed by atoms with Crippen molar-refractivity contribution in [2.75, 3.05) is 0 Å². The van der Waals surface area contributed by atoms with Crippen LogP contribution in [-0.4, -0.2) is 14.5 Å². The van der Waals surface area contributed by atoms with Crippen LogP contribution in [0.15, 0.2) is 90.3 Å². The Kier molecular flexibility index (Phi) is 5.87. The Morgan fingerprint density at radius 2 is 1.72 bits per heavy atom. The molecule has 2 heterocycles. The van der Waals surface area contributed by atoms with Crippen molar-refractivity contribution in [1.82, 2.24) is 14.5 Å². The summed E-state index contributed by atoms with van der Waals surface area (Å²) < 4.78 is 16.3. The minimum atomic E-state index is -0.324. The number of thioether (sulfide) groups is 1. The van der Waals surface area contributed by atoms with Gasteiger partial charge in [-0.3, -0.25) is 0 Å². The van der Waals surface area contributed by atoms with Gasteiger partial charge in [0.15, 0.2) is 0 Å². The number of aromatic nitrogens is 3. The normalized spacial score (nSPS) is 11.2. The van der Waals surface area contributed by atoms with Crippen molar-refractivity contribution in [3.05, 3.63) is 107 Å². The van der Waals surface area contributed by atoms with E-state index in [2.05, 4.69) is 9.97 Å². The molecule has 0 radical (unpaired) electrons. The summed E-state index contributed by atoms with van der Waals surface area (Å²) in [4.78, 5) is 9.12. The molecule has 0 aliphatic rings. The highest BCUT2D eigenvalue weighted by Gasteiger charge is 2.18. The maximum Gasteiger partial charge on any atom is 0.149 e.